The van der Waals surface area contributed by atoms with E-state index in [1.54, 1.807) is 4.90 Å². The van der Waals surface area contributed by atoms with Crippen molar-refractivity contribution in [3.8, 4) is 0 Å². The molecule has 9 nitrogen and oxygen atoms in total. The number of amides is 3. The molecule has 0 saturated carbocycles. The molecule has 3 aliphatic heterocycles. The summed E-state index contributed by atoms with van der Waals surface area (Å²) in [6.07, 6.45) is 2.86. The Morgan fingerprint density at radius 3 is 2.42 bits per heavy atom. The van der Waals surface area contributed by atoms with Gasteiger partial charge in [0, 0.05) is 51.3 Å². The van der Waals surface area contributed by atoms with Gasteiger partial charge in [-0.05, 0) is 62.6 Å². The van der Waals surface area contributed by atoms with E-state index < -0.39 is 6.04 Å². The molecular formula is C24H36N6O3. The van der Waals surface area contributed by atoms with Crippen molar-refractivity contribution in [1.29, 1.82) is 0 Å². The monoisotopic (exact) mass is 456 g/mol. The molecule has 33 heavy (non-hydrogen) atoms. The van der Waals surface area contributed by atoms with Crippen molar-refractivity contribution in [2.75, 3.05) is 52.4 Å². The molecule has 1 aromatic carbocycles. The third-order valence-corrected chi connectivity index (χ3v) is 6.62. The molecule has 0 radical (unpaired) electrons. The number of fused-ring (bicyclic) bond motifs is 1. The van der Waals surface area contributed by atoms with Crippen LogP contribution in [0.25, 0.3) is 0 Å². The van der Waals surface area contributed by atoms with Gasteiger partial charge in [0.2, 0.25) is 11.8 Å². The summed E-state index contributed by atoms with van der Waals surface area (Å²) in [5.41, 5.74) is 2.76. The summed E-state index contributed by atoms with van der Waals surface area (Å²) < 4.78 is 0. The number of rotatable bonds is 3. The van der Waals surface area contributed by atoms with Crippen LogP contribution in [0.2, 0.25) is 0 Å². The average molecular weight is 457 g/mol. The van der Waals surface area contributed by atoms with E-state index in [9.17, 15) is 14.4 Å². The zero-order valence-corrected chi connectivity index (χ0v) is 19.3. The molecule has 1 aromatic rings. The highest BCUT2D eigenvalue weighted by atomic mass is 16.2. The van der Waals surface area contributed by atoms with Gasteiger partial charge in [0.1, 0.15) is 6.04 Å². The third kappa shape index (κ3) is 6.38. The fourth-order valence-corrected chi connectivity index (χ4v) is 4.78. The summed E-state index contributed by atoms with van der Waals surface area (Å²) in [4.78, 5) is 40.9. The SMILES string of the molecule is O=C1CCC(N2Cc3ccc(CN4CCCNCCNCCCNCC4)cc3C2=O)C(=O)N1. The molecule has 1 atom stereocenters. The summed E-state index contributed by atoms with van der Waals surface area (Å²) in [5.74, 6) is -0.738. The highest BCUT2D eigenvalue weighted by Crippen LogP contribution is 2.28. The van der Waals surface area contributed by atoms with E-state index in [-0.39, 0.29) is 24.1 Å². The Hall–Kier alpha value is -2.33. The van der Waals surface area contributed by atoms with Crippen LogP contribution in [0.1, 0.15) is 47.2 Å². The number of nitrogens with one attached hydrogen (secondary N) is 4. The van der Waals surface area contributed by atoms with Gasteiger partial charge in [-0.15, -0.1) is 0 Å². The van der Waals surface area contributed by atoms with Crippen molar-refractivity contribution >= 4 is 17.7 Å². The first kappa shape index (κ1) is 23.8. The number of hydrogen-bond donors (Lipinski definition) is 4. The molecule has 0 aromatic heterocycles. The number of nitrogens with zero attached hydrogens (tertiary/aromatic N) is 2. The summed E-state index contributed by atoms with van der Waals surface area (Å²) in [6.45, 7) is 9.16. The maximum absolute atomic E-state index is 13.1. The quantitative estimate of drug-likeness (QED) is 0.468. The number of carbonyl (C=O) groups excluding carboxylic acids is 3. The first-order chi connectivity index (χ1) is 16.1. The van der Waals surface area contributed by atoms with E-state index in [1.807, 2.05) is 12.1 Å². The number of piperidine rings is 1. The molecule has 0 spiro atoms. The zero-order chi connectivity index (χ0) is 23.0. The smallest absolute Gasteiger partial charge is 0.255 e. The van der Waals surface area contributed by atoms with E-state index in [0.29, 0.717) is 18.5 Å². The number of hydrogen-bond acceptors (Lipinski definition) is 7. The molecule has 3 amide bonds. The van der Waals surface area contributed by atoms with Gasteiger partial charge in [-0.25, -0.2) is 0 Å². The fourth-order valence-electron chi connectivity index (χ4n) is 4.78. The van der Waals surface area contributed by atoms with Crippen molar-refractivity contribution in [3.05, 3.63) is 34.9 Å². The maximum atomic E-state index is 13.1. The van der Waals surface area contributed by atoms with Gasteiger partial charge < -0.3 is 20.9 Å². The zero-order valence-electron chi connectivity index (χ0n) is 19.3. The lowest BCUT2D eigenvalue weighted by molar-refractivity contribution is -0.136. The molecule has 4 N–H and O–H groups in total. The first-order valence-electron chi connectivity index (χ1n) is 12.2. The van der Waals surface area contributed by atoms with Crippen LogP contribution in [-0.2, 0) is 22.7 Å². The average Bonchev–Trinajstić information content (AvgIpc) is 3.12. The first-order valence-corrected chi connectivity index (χ1v) is 12.2. The van der Waals surface area contributed by atoms with Gasteiger partial charge in [-0.1, -0.05) is 12.1 Å². The van der Waals surface area contributed by atoms with E-state index in [1.165, 1.54) is 0 Å². The number of carbonyl (C=O) groups is 3. The molecule has 9 heteroatoms. The van der Waals surface area contributed by atoms with Crippen LogP contribution in [0, 0.1) is 0 Å². The Labute approximate surface area is 195 Å². The van der Waals surface area contributed by atoms with Crippen LogP contribution in [0.15, 0.2) is 18.2 Å². The molecule has 3 aliphatic rings. The van der Waals surface area contributed by atoms with E-state index in [0.717, 1.165) is 82.9 Å². The molecule has 4 rings (SSSR count). The van der Waals surface area contributed by atoms with Crippen LogP contribution in [0.5, 0.6) is 0 Å². The number of benzene rings is 1. The predicted molar refractivity (Wildman–Crippen MR) is 126 cm³/mol. The molecule has 2 fully saturated rings. The van der Waals surface area contributed by atoms with Crippen LogP contribution in [-0.4, -0.2) is 85.9 Å². The lowest BCUT2D eigenvalue weighted by Gasteiger charge is -2.29. The Balaban J connectivity index is 1.38. The Kier molecular flexibility index (Phi) is 8.44. The molecule has 0 aliphatic carbocycles. The highest BCUT2D eigenvalue weighted by Gasteiger charge is 2.39. The highest BCUT2D eigenvalue weighted by molar-refractivity contribution is 6.05. The summed E-state index contributed by atoms with van der Waals surface area (Å²) in [5, 5.41) is 12.8. The summed E-state index contributed by atoms with van der Waals surface area (Å²) in [7, 11) is 0. The molecule has 2 saturated heterocycles. The van der Waals surface area contributed by atoms with Crippen LogP contribution in [0.4, 0.5) is 0 Å². The van der Waals surface area contributed by atoms with Gasteiger partial charge in [0.15, 0.2) is 0 Å². The van der Waals surface area contributed by atoms with Crippen LogP contribution < -0.4 is 21.3 Å². The Bertz CT molecular complexity index is 847. The molecule has 0 bridgehead atoms. The molecule has 3 heterocycles. The maximum Gasteiger partial charge on any atom is 0.255 e. The standard InChI is InChI=1S/C24H36N6O3/c31-22-6-5-21(23(32)28-22)30-17-19-4-3-18(15-20(19)24(30)33)16-29-13-2-9-26-11-10-25-7-1-8-27-12-14-29/h3-4,15,21,25-27H,1-2,5-14,16-17H2,(H,28,31,32). The number of imide groups is 1. The van der Waals surface area contributed by atoms with Gasteiger partial charge in [-0.2, -0.15) is 0 Å². The largest absolute Gasteiger partial charge is 0.322 e. The second kappa shape index (κ2) is 11.7. The molecule has 180 valence electrons. The third-order valence-electron chi connectivity index (χ3n) is 6.62. The normalized spacial score (nSPS) is 24.3. The van der Waals surface area contributed by atoms with Crippen molar-refractivity contribution < 1.29 is 14.4 Å². The Morgan fingerprint density at radius 1 is 0.879 bits per heavy atom. The van der Waals surface area contributed by atoms with Crippen molar-refractivity contribution in [1.82, 2.24) is 31.1 Å². The topological polar surface area (TPSA) is 106 Å². The van der Waals surface area contributed by atoms with E-state index in [2.05, 4.69) is 32.2 Å². The summed E-state index contributed by atoms with van der Waals surface area (Å²) in [6, 6.07) is 5.55. The second-order valence-corrected chi connectivity index (χ2v) is 9.12. The minimum Gasteiger partial charge on any atom is -0.322 e. The van der Waals surface area contributed by atoms with Gasteiger partial charge in [0.25, 0.3) is 5.91 Å². The van der Waals surface area contributed by atoms with E-state index >= 15 is 0 Å². The molecule has 1 unspecified atom stereocenters. The molecular weight excluding hydrogens is 420 g/mol. The minimum absolute atomic E-state index is 0.109. The van der Waals surface area contributed by atoms with Crippen molar-refractivity contribution in [2.24, 2.45) is 0 Å². The van der Waals surface area contributed by atoms with Gasteiger partial charge in [0.05, 0.1) is 0 Å². The predicted octanol–water partition coefficient (Wildman–Crippen LogP) is -0.188. The van der Waals surface area contributed by atoms with Gasteiger partial charge in [-0.3, -0.25) is 24.6 Å². The summed E-state index contributed by atoms with van der Waals surface area (Å²) >= 11 is 0. The fraction of sp³-hybridized carbons (Fsp3) is 0.625. The van der Waals surface area contributed by atoms with Crippen molar-refractivity contribution in [2.45, 2.75) is 44.8 Å². The van der Waals surface area contributed by atoms with Crippen LogP contribution in [0.3, 0.4) is 0 Å². The lowest BCUT2D eigenvalue weighted by Crippen LogP contribution is -2.52. The van der Waals surface area contributed by atoms with Crippen molar-refractivity contribution in [3.63, 3.8) is 0 Å². The minimum atomic E-state index is -0.567. The van der Waals surface area contributed by atoms with Gasteiger partial charge >= 0.3 is 0 Å². The lowest BCUT2D eigenvalue weighted by atomic mass is 10.0. The van der Waals surface area contributed by atoms with E-state index in [4.69, 9.17) is 0 Å². The Morgan fingerprint density at radius 2 is 1.64 bits per heavy atom. The van der Waals surface area contributed by atoms with Crippen LogP contribution >= 0.6 is 0 Å². The second-order valence-electron chi connectivity index (χ2n) is 9.12.